The Morgan fingerprint density at radius 2 is 1.59 bits per heavy atom. The van der Waals surface area contributed by atoms with E-state index in [9.17, 15) is 0 Å². The van der Waals surface area contributed by atoms with Crippen molar-refractivity contribution in [1.29, 1.82) is 0 Å². The molecular formula is C15H25N2+. The molecule has 0 atom stereocenters. The average Bonchev–Trinajstić information content (AvgIpc) is 2.41. The normalized spacial score (nSPS) is 20.4. The minimum atomic E-state index is 1.12. The van der Waals surface area contributed by atoms with Crippen LogP contribution >= 0.6 is 0 Å². The number of likely N-dealkylation sites (N-methyl/N-ethyl adjacent to an activating group) is 1. The number of nitrogens with zero attached hydrogens (tertiary/aromatic N) is 2. The van der Waals surface area contributed by atoms with Gasteiger partial charge in [0.15, 0.2) is 0 Å². The number of benzene rings is 1. The van der Waals surface area contributed by atoms with Crippen LogP contribution in [0.15, 0.2) is 30.3 Å². The SMILES string of the molecule is CC[N+]1(CC)CCN(Cc2ccccc2)CC1. The summed E-state index contributed by atoms with van der Waals surface area (Å²) in [5.41, 5.74) is 1.44. The van der Waals surface area contributed by atoms with Crippen molar-refractivity contribution in [3.05, 3.63) is 35.9 Å². The first-order valence-corrected chi connectivity index (χ1v) is 6.89. The van der Waals surface area contributed by atoms with Crippen molar-refractivity contribution in [2.45, 2.75) is 20.4 Å². The molecule has 0 bridgehead atoms. The van der Waals surface area contributed by atoms with Crippen LogP contribution < -0.4 is 0 Å². The molecule has 0 aliphatic carbocycles. The maximum Gasteiger partial charge on any atom is 0.0916 e. The summed E-state index contributed by atoms with van der Waals surface area (Å²) >= 11 is 0. The van der Waals surface area contributed by atoms with E-state index in [1.807, 2.05) is 0 Å². The van der Waals surface area contributed by atoms with Gasteiger partial charge in [-0.25, -0.2) is 0 Å². The third-order valence-electron chi connectivity index (χ3n) is 4.37. The third-order valence-corrected chi connectivity index (χ3v) is 4.37. The van der Waals surface area contributed by atoms with Gasteiger partial charge in [-0.15, -0.1) is 0 Å². The predicted molar refractivity (Wildman–Crippen MR) is 72.8 cm³/mol. The minimum Gasteiger partial charge on any atom is -0.322 e. The lowest BCUT2D eigenvalue weighted by atomic mass is 10.2. The van der Waals surface area contributed by atoms with E-state index in [1.165, 1.54) is 49.3 Å². The van der Waals surface area contributed by atoms with Crippen molar-refractivity contribution in [3.8, 4) is 0 Å². The Kier molecular flexibility index (Phi) is 4.19. The number of hydrogen-bond acceptors (Lipinski definition) is 1. The van der Waals surface area contributed by atoms with Crippen molar-refractivity contribution in [3.63, 3.8) is 0 Å². The lowest BCUT2D eigenvalue weighted by molar-refractivity contribution is -0.928. The van der Waals surface area contributed by atoms with Crippen LogP contribution in [0.5, 0.6) is 0 Å². The van der Waals surface area contributed by atoms with E-state index < -0.39 is 0 Å². The van der Waals surface area contributed by atoms with Gasteiger partial charge in [0, 0.05) is 19.6 Å². The Balaban J connectivity index is 1.87. The molecule has 1 aromatic rings. The molecular weight excluding hydrogens is 208 g/mol. The van der Waals surface area contributed by atoms with Gasteiger partial charge >= 0.3 is 0 Å². The Morgan fingerprint density at radius 3 is 2.12 bits per heavy atom. The number of hydrogen-bond donors (Lipinski definition) is 0. The summed E-state index contributed by atoms with van der Waals surface area (Å²) in [7, 11) is 0. The van der Waals surface area contributed by atoms with E-state index in [4.69, 9.17) is 0 Å². The number of quaternary nitrogens is 1. The molecule has 2 heteroatoms. The Bertz CT molecular complexity index is 320. The molecule has 0 aromatic heterocycles. The smallest absolute Gasteiger partial charge is 0.0916 e. The first kappa shape index (κ1) is 12.6. The van der Waals surface area contributed by atoms with Gasteiger partial charge in [-0.3, -0.25) is 4.90 Å². The van der Waals surface area contributed by atoms with E-state index in [2.05, 4.69) is 49.1 Å². The fourth-order valence-electron chi connectivity index (χ4n) is 2.79. The van der Waals surface area contributed by atoms with Gasteiger partial charge < -0.3 is 4.48 Å². The molecule has 0 unspecified atom stereocenters. The first-order valence-electron chi connectivity index (χ1n) is 6.89. The lowest BCUT2D eigenvalue weighted by Crippen LogP contribution is -2.59. The van der Waals surface area contributed by atoms with Crippen molar-refractivity contribution < 1.29 is 4.48 Å². The third kappa shape index (κ3) is 3.08. The predicted octanol–water partition coefficient (Wildman–Crippen LogP) is 2.36. The molecule has 0 saturated carbocycles. The van der Waals surface area contributed by atoms with Gasteiger partial charge in [0.2, 0.25) is 0 Å². The molecule has 0 amide bonds. The van der Waals surface area contributed by atoms with Crippen molar-refractivity contribution in [2.75, 3.05) is 39.3 Å². The molecule has 1 aromatic carbocycles. The van der Waals surface area contributed by atoms with E-state index in [0.29, 0.717) is 0 Å². The van der Waals surface area contributed by atoms with Crippen molar-refractivity contribution in [1.82, 2.24) is 4.90 Å². The Labute approximate surface area is 105 Å². The molecule has 0 radical (unpaired) electrons. The molecule has 17 heavy (non-hydrogen) atoms. The second-order valence-corrected chi connectivity index (χ2v) is 5.18. The summed E-state index contributed by atoms with van der Waals surface area (Å²) in [5, 5.41) is 0. The summed E-state index contributed by atoms with van der Waals surface area (Å²) in [4.78, 5) is 2.59. The van der Waals surface area contributed by atoms with Crippen LogP contribution in [-0.2, 0) is 6.54 Å². The van der Waals surface area contributed by atoms with Gasteiger partial charge in [0.05, 0.1) is 26.2 Å². The fourth-order valence-corrected chi connectivity index (χ4v) is 2.79. The summed E-state index contributed by atoms with van der Waals surface area (Å²) in [6, 6.07) is 10.8. The minimum absolute atomic E-state index is 1.12. The monoisotopic (exact) mass is 233 g/mol. The summed E-state index contributed by atoms with van der Waals surface area (Å²) in [6.07, 6.45) is 0. The molecule has 94 valence electrons. The van der Waals surface area contributed by atoms with Gasteiger partial charge in [0.25, 0.3) is 0 Å². The lowest BCUT2D eigenvalue weighted by Gasteiger charge is -2.43. The standard InChI is InChI=1S/C15H25N2/c1-3-17(4-2)12-10-16(11-13-17)14-15-8-6-5-7-9-15/h5-9H,3-4,10-14H2,1-2H3/q+1. The topological polar surface area (TPSA) is 3.24 Å². The number of rotatable bonds is 4. The van der Waals surface area contributed by atoms with Crippen LogP contribution in [0.2, 0.25) is 0 Å². The largest absolute Gasteiger partial charge is 0.322 e. The quantitative estimate of drug-likeness (QED) is 0.722. The Hall–Kier alpha value is -0.860. The highest BCUT2D eigenvalue weighted by Crippen LogP contribution is 2.14. The average molecular weight is 233 g/mol. The highest BCUT2D eigenvalue weighted by Gasteiger charge is 2.29. The maximum absolute atomic E-state index is 2.59. The maximum atomic E-state index is 2.59. The van der Waals surface area contributed by atoms with E-state index in [1.54, 1.807) is 0 Å². The van der Waals surface area contributed by atoms with Gasteiger partial charge in [0.1, 0.15) is 0 Å². The zero-order valence-electron chi connectivity index (χ0n) is 11.2. The molecule has 1 heterocycles. The van der Waals surface area contributed by atoms with Crippen LogP contribution in [0, 0.1) is 0 Å². The van der Waals surface area contributed by atoms with Crippen LogP contribution in [0.4, 0.5) is 0 Å². The molecule has 0 spiro atoms. The van der Waals surface area contributed by atoms with E-state index >= 15 is 0 Å². The summed E-state index contributed by atoms with van der Waals surface area (Å²) in [5.74, 6) is 0. The molecule has 2 nitrogen and oxygen atoms in total. The molecule has 1 aliphatic rings. The van der Waals surface area contributed by atoms with Crippen LogP contribution in [0.3, 0.4) is 0 Å². The molecule has 2 rings (SSSR count). The highest BCUT2D eigenvalue weighted by atomic mass is 15.4. The van der Waals surface area contributed by atoms with Crippen molar-refractivity contribution >= 4 is 0 Å². The van der Waals surface area contributed by atoms with Crippen molar-refractivity contribution in [2.24, 2.45) is 0 Å². The van der Waals surface area contributed by atoms with E-state index in [0.717, 1.165) is 6.54 Å². The van der Waals surface area contributed by atoms with Crippen LogP contribution in [-0.4, -0.2) is 48.7 Å². The van der Waals surface area contributed by atoms with Gasteiger partial charge in [-0.05, 0) is 19.4 Å². The second kappa shape index (κ2) is 5.65. The molecule has 1 fully saturated rings. The first-order chi connectivity index (χ1) is 8.28. The Morgan fingerprint density at radius 1 is 1.00 bits per heavy atom. The molecule has 1 aliphatic heterocycles. The number of piperazine rings is 1. The highest BCUT2D eigenvalue weighted by molar-refractivity contribution is 5.14. The molecule has 1 saturated heterocycles. The van der Waals surface area contributed by atoms with Crippen LogP contribution in [0.1, 0.15) is 19.4 Å². The zero-order valence-corrected chi connectivity index (χ0v) is 11.2. The van der Waals surface area contributed by atoms with E-state index in [-0.39, 0.29) is 0 Å². The fraction of sp³-hybridized carbons (Fsp3) is 0.600. The van der Waals surface area contributed by atoms with Gasteiger partial charge in [-0.1, -0.05) is 30.3 Å². The zero-order chi connectivity index (χ0) is 12.1. The molecule has 0 N–H and O–H groups in total. The summed E-state index contributed by atoms with van der Waals surface area (Å²) < 4.78 is 1.31. The summed E-state index contributed by atoms with van der Waals surface area (Å²) in [6.45, 7) is 13.5. The van der Waals surface area contributed by atoms with Crippen LogP contribution in [0.25, 0.3) is 0 Å². The van der Waals surface area contributed by atoms with Gasteiger partial charge in [-0.2, -0.15) is 0 Å². The second-order valence-electron chi connectivity index (χ2n) is 5.18.